The molecule has 0 heterocycles. The van der Waals surface area contributed by atoms with Crippen LogP contribution in [0.2, 0.25) is 0 Å². The Morgan fingerprint density at radius 3 is 2.60 bits per heavy atom. The summed E-state index contributed by atoms with van der Waals surface area (Å²) in [6.45, 7) is 2.26. The van der Waals surface area contributed by atoms with Gasteiger partial charge in [-0.3, -0.25) is 4.79 Å². The van der Waals surface area contributed by atoms with Crippen molar-refractivity contribution < 1.29 is 9.90 Å². The average Bonchev–Trinajstić information content (AvgIpc) is 2.43. The number of aromatic hydroxyl groups is 1. The van der Waals surface area contributed by atoms with Gasteiger partial charge in [0.25, 0.3) is 5.91 Å². The Labute approximate surface area is 127 Å². The third kappa shape index (κ3) is 3.02. The number of hydrogen-bond donors (Lipinski definition) is 1. The molecule has 4 heteroatoms. The molecule has 0 aliphatic rings. The van der Waals surface area contributed by atoms with Crippen LogP contribution >= 0.6 is 15.9 Å². The summed E-state index contributed by atoms with van der Waals surface area (Å²) in [5, 5.41) is 9.98. The molecule has 3 nitrogen and oxygen atoms in total. The third-order valence-electron chi connectivity index (χ3n) is 3.18. The largest absolute Gasteiger partial charge is 0.507 e. The Hall–Kier alpha value is -1.81. The van der Waals surface area contributed by atoms with Crippen LogP contribution in [0.1, 0.15) is 21.5 Å². The molecule has 0 spiro atoms. The van der Waals surface area contributed by atoms with Crippen LogP contribution < -0.4 is 0 Å². The van der Waals surface area contributed by atoms with E-state index in [0.29, 0.717) is 17.7 Å². The summed E-state index contributed by atoms with van der Waals surface area (Å²) in [7, 11) is 1.73. The number of halogens is 1. The second kappa shape index (κ2) is 6.09. The third-order valence-corrected chi connectivity index (χ3v) is 3.95. The summed E-state index contributed by atoms with van der Waals surface area (Å²) in [5.41, 5.74) is 2.06. The molecule has 104 valence electrons. The Morgan fingerprint density at radius 2 is 1.90 bits per heavy atom. The maximum Gasteiger partial charge on any atom is 0.257 e. The van der Waals surface area contributed by atoms with Gasteiger partial charge >= 0.3 is 0 Å². The molecule has 0 aromatic heterocycles. The van der Waals surface area contributed by atoms with Crippen molar-refractivity contribution in [2.45, 2.75) is 13.5 Å². The smallest absolute Gasteiger partial charge is 0.257 e. The number of benzene rings is 2. The minimum atomic E-state index is -0.193. The molecule has 0 aliphatic heterocycles. The van der Waals surface area contributed by atoms with Crippen LogP contribution in [0.15, 0.2) is 46.9 Å². The van der Waals surface area contributed by atoms with E-state index in [1.807, 2.05) is 24.3 Å². The van der Waals surface area contributed by atoms with Crippen LogP contribution in [0, 0.1) is 6.92 Å². The molecule has 0 fully saturated rings. The Balaban J connectivity index is 2.21. The maximum atomic E-state index is 12.4. The van der Waals surface area contributed by atoms with Crippen LogP contribution in [-0.4, -0.2) is 23.0 Å². The zero-order valence-corrected chi connectivity index (χ0v) is 13.0. The van der Waals surface area contributed by atoms with E-state index >= 15 is 0 Å². The molecule has 0 bridgehead atoms. The van der Waals surface area contributed by atoms with E-state index in [4.69, 9.17) is 0 Å². The molecule has 0 atom stereocenters. The van der Waals surface area contributed by atoms with Gasteiger partial charge in [0.15, 0.2) is 0 Å². The first-order valence-electron chi connectivity index (χ1n) is 6.28. The first-order valence-corrected chi connectivity index (χ1v) is 7.07. The minimum absolute atomic E-state index is 0.0523. The number of phenols is 1. The predicted octanol–water partition coefficient (Wildman–Crippen LogP) is 3.74. The lowest BCUT2D eigenvalue weighted by molar-refractivity contribution is 0.0781. The standard InChI is InChI=1S/C16H16BrNO2/c1-11-6-5-8-13(15(11)19)16(20)18(2)10-12-7-3-4-9-14(12)17/h3-9,19H,10H2,1-2H3. The van der Waals surface area contributed by atoms with E-state index < -0.39 is 0 Å². The number of carbonyl (C=O) groups is 1. The quantitative estimate of drug-likeness (QED) is 0.929. The summed E-state index contributed by atoms with van der Waals surface area (Å²) >= 11 is 3.47. The molecule has 2 rings (SSSR count). The van der Waals surface area contributed by atoms with Gasteiger partial charge in [0.2, 0.25) is 0 Å². The molecule has 1 N–H and O–H groups in total. The van der Waals surface area contributed by atoms with E-state index in [1.54, 1.807) is 37.1 Å². The van der Waals surface area contributed by atoms with Gasteiger partial charge < -0.3 is 10.0 Å². The predicted molar refractivity (Wildman–Crippen MR) is 82.8 cm³/mol. The molecule has 0 saturated heterocycles. The van der Waals surface area contributed by atoms with Gasteiger partial charge in [-0.1, -0.05) is 46.3 Å². The molecule has 0 radical (unpaired) electrons. The van der Waals surface area contributed by atoms with Gasteiger partial charge in [-0.15, -0.1) is 0 Å². The molecule has 0 saturated carbocycles. The fourth-order valence-corrected chi connectivity index (χ4v) is 2.40. The molecular formula is C16H16BrNO2. The summed E-state index contributed by atoms with van der Waals surface area (Å²) in [5.74, 6) is -0.140. The number of amides is 1. The number of rotatable bonds is 3. The summed E-state index contributed by atoms with van der Waals surface area (Å²) in [4.78, 5) is 14.0. The number of phenolic OH excluding ortho intramolecular Hbond substituents is 1. The van der Waals surface area contributed by atoms with E-state index in [-0.39, 0.29) is 11.7 Å². The lowest BCUT2D eigenvalue weighted by Crippen LogP contribution is -2.26. The highest BCUT2D eigenvalue weighted by Gasteiger charge is 2.17. The van der Waals surface area contributed by atoms with E-state index in [9.17, 15) is 9.90 Å². The fourth-order valence-electron chi connectivity index (χ4n) is 1.99. The van der Waals surface area contributed by atoms with Crippen LogP contribution in [0.4, 0.5) is 0 Å². The van der Waals surface area contributed by atoms with Gasteiger partial charge in [-0.05, 0) is 30.2 Å². The van der Waals surface area contributed by atoms with Crippen LogP contribution in [0.5, 0.6) is 5.75 Å². The van der Waals surface area contributed by atoms with Crippen molar-refractivity contribution in [3.63, 3.8) is 0 Å². The van der Waals surface area contributed by atoms with E-state index in [0.717, 1.165) is 10.0 Å². The number of nitrogens with zero attached hydrogens (tertiary/aromatic N) is 1. The van der Waals surface area contributed by atoms with Crippen molar-refractivity contribution >= 4 is 21.8 Å². The number of carbonyl (C=O) groups excluding carboxylic acids is 1. The van der Waals surface area contributed by atoms with E-state index in [2.05, 4.69) is 15.9 Å². The lowest BCUT2D eigenvalue weighted by atomic mass is 10.1. The number of aryl methyl sites for hydroxylation is 1. The topological polar surface area (TPSA) is 40.5 Å². The average molecular weight is 334 g/mol. The fraction of sp³-hybridized carbons (Fsp3) is 0.188. The van der Waals surface area contributed by atoms with Crippen molar-refractivity contribution in [1.82, 2.24) is 4.90 Å². The molecule has 2 aromatic carbocycles. The molecule has 20 heavy (non-hydrogen) atoms. The van der Waals surface area contributed by atoms with Gasteiger partial charge in [0.05, 0.1) is 5.56 Å². The summed E-state index contributed by atoms with van der Waals surface area (Å²) in [6, 6.07) is 13.0. The van der Waals surface area contributed by atoms with Gasteiger partial charge in [-0.2, -0.15) is 0 Å². The lowest BCUT2D eigenvalue weighted by Gasteiger charge is -2.19. The second-order valence-corrected chi connectivity index (χ2v) is 5.58. The van der Waals surface area contributed by atoms with Crippen LogP contribution in [-0.2, 0) is 6.54 Å². The first kappa shape index (κ1) is 14.6. The van der Waals surface area contributed by atoms with Crippen molar-refractivity contribution in [3.8, 4) is 5.75 Å². The number of hydrogen-bond acceptors (Lipinski definition) is 2. The Kier molecular flexibility index (Phi) is 4.45. The van der Waals surface area contributed by atoms with Crippen molar-refractivity contribution in [1.29, 1.82) is 0 Å². The molecular weight excluding hydrogens is 318 g/mol. The minimum Gasteiger partial charge on any atom is -0.507 e. The van der Waals surface area contributed by atoms with Gasteiger partial charge in [0, 0.05) is 18.1 Å². The first-order chi connectivity index (χ1) is 9.50. The van der Waals surface area contributed by atoms with Crippen LogP contribution in [0.25, 0.3) is 0 Å². The second-order valence-electron chi connectivity index (χ2n) is 4.72. The zero-order chi connectivity index (χ0) is 14.7. The van der Waals surface area contributed by atoms with Crippen LogP contribution in [0.3, 0.4) is 0 Å². The normalized spacial score (nSPS) is 10.3. The Bertz CT molecular complexity index is 640. The monoisotopic (exact) mass is 333 g/mol. The highest BCUT2D eigenvalue weighted by atomic mass is 79.9. The van der Waals surface area contributed by atoms with Crippen molar-refractivity contribution in [2.75, 3.05) is 7.05 Å². The zero-order valence-electron chi connectivity index (χ0n) is 11.4. The van der Waals surface area contributed by atoms with E-state index in [1.165, 1.54) is 0 Å². The maximum absolute atomic E-state index is 12.4. The van der Waals surface area contributed by atoms with Crippen molar-refractivity contribution in [3.05, 3.63) is 63.6 Å². The molecule has 0 aliphatic carbocycles. The Morgan fingerprint density at radius 1 is 1.20 bits per heavy atom. The molecule has 1 amide bonds. The highest BCUT2D eigenvalue weighted by molar-refractivity contribution is 9.10. The highest BCUT2D eigenvalue weighted by Crippen LogP contribution is 2.24. The number of para-hydroxylation sites is 1. The molecule has 0 unspecified atom stereocenters. The van der Waals surface area contributed by atoms with Crippen molar-refractivity contribution in [2.24, 2.45) is 0 Å². The SMILES string of the molecule is Cc1cccc(C(=O)N(C)Cc2ccccc2Br)c1O. The van der Waals surface area contributed by atoms with Gasteiger partial charge in [-0.25, -0.2) is 0 Å². The summed E-state index contributed by atoms with van der Waals surface area (Å²) in [6.07, 6.45) is 0. The van der Waals surface area contributed by atoms with Gasteiger partial charge in [0.1, 0.15) is 5.75 Å². The summed E-state index contributed by atoms with van der Waals surface area (Å²) < 4.78 is 0.966. The molecule has 2 aromatic rings.